The molecule has 0 unspecified atom stereocenters. The van der Waals surface area contributed by atoms with Gasteiger partial charge in [0.05, 0.1) is 10.8 Å². The molecule has 3 rings (SSSR count). The number of imidazole rings is 1. The number of aromatic nitrogens is 4. The number of carbonyl (C=O) groups excluding carboxylic acids is 1. The Hall–Kier alpha value is -2.82. The number of rotatable bonds is 3. The summed E-state index contributed by atoms with van der Waals surface area (Å²) >= 11 is 2.74. The van der Waals surface area contributed by atoms with Crippen LogP contribution in [0.5, 0.6) is 0 Å². The first-order chi connectivity index (χ1) is 12.2. The van der Waals surface area contributed by atoms with Crippen LogP contribution in [-0.4, -0.2) is 24.6 Å². The molecule has 136 valence electrons. The van der Waals surface area contributed by atoms with E-state index in [1.54, 1.807) is 0 Å². The number of hydrogen-bond acceptors (Lipinski definition) is 4. The molecule has 0 atom stereocenters. The number of nitrogens with one attached hydrogen (secondary N) is 1. The SMILES string of the molecule is Cn1c(=O)c2c(ncn2CC(=O)Nc2cc(F)c(Br)c(F)c2)n(C)c1=O. The molecule has 2 aromatic heterocycles. The summed E-state index contributed by atoms with van der Waals surface area (Å²) < 4.78 is 30.1. The largest absolute Gasteiger partial charge is 0.332 e. The van der Waals surface area contributed by atoms with Crippen molar-refractivity contribution in [1.82, 2.24) is 18.7 Å². The van der Waals surface area contributed by atoms with Crippen molar-refractivity contribution in [3.8, 4) is 0 Å². The first kappa shape index (κ1) is 18.0. The molecule has 8 nitrogen and oxygen atoms in total. The Balaban J connectivity index is 1.94. The molecule has 1 amide bonds. The van der Waals surface area contributed by atoms with E-state index in [4.69, 9.17) is 0 Å². The van der Waals surface area contributed by atoms with E-state index in [2.05, 4.69) is 26.2 Å². The predicted octanol–water partition coefficient (Wildman–Crippen LogP) is 1.11. The Morgan fingerprint density at radius 1 is 1.19 bits per heavy atom. The van der Waals surface area contributed by atoms with E-state index in [1.807, 2.05) is 0 Å². The summed E-state index contributed by atoms with van der Waals surface area (Å²) in [5.74, 6) is -2.35. The second-order valence-corrected chi connectivity index (χ2v) is 6.35. The van der Waals surface area contributed by atoms with Gasteiger partial charge in [0, 0.05) is 19.8 Å². The van der Waals surface area contributed by atoms with Crippen molar-refractivity contribution >= 4 is 38.7 Å². The number of benzene rings is 1. The van der Waals surface area contributed by atoms with Crippen LogP contribution < -0.4 is 16.6 Å². The molecule has 0 saturated heterocycles. The lowest BCUT2D eigenvalue weighted by Gasteiger charge is -2.09. The van der Waals surface area contributed by atoms with Crippen LogP contribution in [0.1, 0.15) is 0 Å². The molecule has 0 aliphatic rings. The lowest BCUT2D eigenvalue weighted by molar-refractivity contribution is -0.116. The van der Waals surface area contributed by atoms with Crippen molar-refractivity contribution in [3.63, 3.8) is 0 Å². The van der Waals surface area contributed by atoms with Crippen LogP contribution in [0.3, 0.4) is 0 Å². The molecule has 2 heterocycles. The van der Waals surface area contributed by atoms with Gasteiger partial charge in [-0.3, -0.25) is 18.7 Å². The molecule has 1 N–H and O–H groups in total. The van der Waals surface area contributed by atoms with Crippen LogP contribution in [0.15, 0.2) is 32.5 Å². The maximum absolute atomic E-state index is 13.5. The lowest BCUT2D eigenvalue weighted by atomic mass is 10.3. The topological polar surface area (TPSA) is 90.9 Å². The summed E-state index contributed by atoms with van der Waals surface area (Å²) in [6.45, 7) is -0.330. The van der Waals surface area contributed by atoms with Gasteiger partial charge in [-0.25, -0.2) is 18.6 Å². The molecule has 0 aliphatic heterocycles. The Kier molecular flexibility index (Phi) is 4.48. The van der Waals surface area contributed by atoms with Crippen molar-refractivity contribution in [1.29, 1.82) is 0 Å². The molecule has 1 aromatic carbocycles. The van der Waals surface area contributed by atoms with E-state index >= 15 is 0 Å². The molecule has 11 heteroatoms. The highest BCUT2D eigenvalue weighted by molar-refractivity contribution is 9.10. The van der Waals surface area contributed by atoms with E-state index < -0.39 is 28.8 Å². The monoisotopic (exact) mass is 427 g/mol. The van der Waals surface area contributed by atoms with Crippen molar-refractivity contribution in [2.24, 2.45) is 14.1 Å². The second-order valence-electron chi connectivity index (χ2n) is 5.55. The number of amides is 1. The van der Waals surface area contributed by atoms with Crippen LogP contribution in [0.2, 0.25) is 0 Å². The minimum absolute atomic E-state index is 0.0675. The van der Waals surface area contributed by atoms with Gasteiger partial charge in [0.25, 0.3) is 5.56 Å². The Morgan fingerprint density at radius 2 is 1.81 bits per heavy atom. The van der Waals surface area contributed by atoms with Crippen LogP contribution >= 0.6 is 15.9 Å². The third-order valence-corrected chi connectivity index (χ3v) is 4.56. The molecule has 0 saturated carbocycles. The summed E-state index contributed by atoms with van der Waals surface area (Å²) in [6, 6.07) is 1.92. The van der Waals surface area contributed by atoms with E-state index in [-0.39, 0.29) is 27.9 Å². The van der Waals surface area contributed by atoms with Gasteiger partial charge in [-0.15, -0.1) is 0 Å². The van der Waals surface area contributed by atoms with E-state index in [0.717, 1.165) is 16.7 Å². The third kappa shape index (κ3) is 2.94. The highest BCUT2D eigenvalue weighted by Crippen LogP contribution is 2.23. The zero-order valence-corrected chi connectivity index (χ0v) is 15.2. The number of halogens is 3. The predicted molar refractivity (Wildman–Crippen MR) is 92.9 cm³/mol. The van der Waals surface area contributed by atoms with Crippen LogP contribution in [0, 0.1) is 11.6 Å². The fourth-order valence-corrected chi connectivity index (χ4v) is 2.73. The lowest BCUT2D eigenvalue weighted by Crippen LogP contribution is -2.37. The summed E-state index contributed by atoms with van der Waals surface area (Å²) in [6.07, 6.45) is 1.24. The van der Waals surface area contributed by atoms with Gasteiger partial charge in [0.2, 0.25) is 5.91 Å². The first-order valence-electron chi connectivity index (χ1n) is 7.26. The fraction of sp³-hybridized carbons (Fsp3) is 0.200. The van der Waals surface area contributed by atoms with Crippen molar-refractivity contribution in [2.75, 3.05) is 5.32 Å². The summed E-state index contributed by atoms with van der Waals surface area (Å²) in [5.41, 5.74) is -1.02. The maximum atomic E-state index is 13.5. The third-order valence-electron chi connectivity index (χ3n) is 3.80. The molecular weight excluding hydrogens is 416 g/mol. The fourth-order valence-electron chi connectivity index (χ4n) is 2.50. The van der Waals surface area contributed by atoms with Gasteiger partial charge in [-0.05, 0) is 28.1 Å². The highest BCUT2D eigenvalue weighted by Gasteiger charge is 2.16. The number of aryl methyl sites for hydroxylation is 1. The minimum atomic E-state index is -0.864. The van der Waals surface area contributed by atoms with Crippen molar-refractivity contribution in [3.05, 3.63) is 55.4 Å². The molecular formula is C15H12BrF2N5O3. The first-order valence-corrected chi connectivity index (χ1v) is 8.05. The van der Waals surface area contributed by atoms with Gasteiger partial charge in [-0.2, -0.15) is 0 Å². The number of fused-ring (bicyclic) bond motifs is 1. The number of anilines is 1. The maximum Gasteiger partial charge on any atom is 0.332 e. The van der Waals surface area contributed by atoms with Gasteiger partial charge in [0.1, 0.15) is 18.2 Å². The zero-order chi connectivity index (χ0) is 19.2. The Morgan fingerprint density at radius 3 is 2.42 bits per heavy atom. The molecule has 0 aliphatic carbocycles. The van der Waals surface area contributed by atoms with E-state index in [9.17, 15) is 23.2 Å². The minimum Gasteiger partial charge on any atom is -0.324 e. The Bertz CT molecular complexity index is 1140. The van der Waals surface area contributed by atoms with Crippen LogP contribution in [0.25, 0.3) is 11.2 Å². The molecule has 26 heavy (non-hydrogen) atoms. The zero-order valence-electron chi connectivity index (χ0n) is 13.6. The highest BCUT2D eigenvalue weighted by atomic mass is 79.9. The summed E-state index contributed by atoms with van der Waals surface area (Å²) in [7, 11) is 2.77. The number of carbonyl (C=O) groups is 1. The normalized spacial score (nSPS) is 11.1. The number of hydrogen-bond donors (Lipinski definition) is 1. The van der Waals surface area contributed by atoms with Gasteiger partial charge < -0.3 is 9.88 Å². The second kappa shape index (κ2) is 6.48. The van der Waals surface area contributed by atoms with Gasteiger partial charge >= 0.3 is 5.69 Å². The standard InChI is InChI=1S/C15H12BrF2N5O3/c1-21-13-12(14(25)22(2)15(21)26)23(6-19-13)5-10(24)20-7-3-8(17)11(16)9(18)4-7/h3-4,6H,5H2,1-2H3,(H,20,24). The quantitative estimate of drug-likeness (QED) is 0.633. The van der Waals surface area contributed by atoms with Crippen LogP contribution in [-0.2, 0) is 25.4 Å². The molecule has 0 fully saturated rings. The summed E-state index contributed by atoms with van der Waals surface area (Å²) in [5, 5.41) is 2.35. The van der Waals surface area contributed by atoms with E-state index in [0.29, 0.717) is 0 Å². The molecule has 0 radical (unpaired) electrons. The van der Waals surface area contributed by atoms with Gasteiger partial charge in [0.15, 0.2) is 11.2 Å². The van der Waals surface area contributed by atoms with Gasteiger partial charge in [-0.1, -0.05) is 0 Å². The van der Waals surface area contributed by atoms with Crippen molar-refractivity contribution < 1.29 is 13.6 Å². The van der Waals surface area contributed by atoms with Crippen LogP contribution in [0.4, 0.5) is 14.5 Å². The van der Waals surface area contributed by atoms with E-state index in [1.165, 1.54) is 29.6 Å². The number of nitrogens with zero attached hydrogens (tertiary/aromatic N) is 4. The molecule has 3 aromatic rings. The molecule has 0 bridgehead atoms. The smallest absolute Gasteiger partial charge is 0.324 e. The average Bonchev–Trinajstić information content (AvgIpc) is 2.99. The summed E-state index contributed by atoms with van der Waals surface area (Å²) in [4.78, 5) is 40.4. The van der Waals surface area contributed by atoms with Crippen molar-refractivity contribution in [2.45, 2.75) is 6.54 Å². The molecule has 0 spiro atoms. The average molecular weight is 428 g/mol. The Labute approximate surface area is 152 Å².